The molecule has 0 aromatic carbocycles. The summed E-state index contributed by atoms with van der Waals surface area (Å²) in [5.74, 6) is 0.566. The van der Waals surface area contributed by atoms with Gasteiger partial charge in [0.1, 0.15) is 10.0 Å². The molecular formula is C15H17N3OS2. The highest BCUT2D eigenvalue weighted by Crippen LogP contribution is 2.30. The van der Waals surface area contributed by atoms with Gasteiger partial charge in [-0.2, -0.15) is 0 Å². The second-order valence-corrected chi connectivity index (χ2v) is 7.30. The Labute approximate surface area is 132 Å². The summed E-state index contributed by atoms with van der Waals surface area (Å²) in [6.07, 6.45) is 5.54. The minimum atomic E-state index is 0.107. The highest BCUT2D eigenvalue weighted by Gasteiger charge is 2.24. The molecule has 6 heteroatoms. The van der Waals surface area contributed by atoms with Gasteiger partial charge in [0.05, 0.1) is 0 Å². The van der Waals surface area contributed by atoms with E-state index in [-0.39, 0.29) is 5.91 Å². The molecule has 1 aliphatic rings. The maximum Gasteiger partial charge on any atom is 0.246 e. The second-order valence-electron chi connectivity index (χ2n) is 5.11. The number of hydrogen-bond donors (Lipinski definition) is 0. The standard InChI is InChI=1S/C15H17N3OS2/c1-11-16-17-15(21-11)12-6-8-18(9-7-12)14(19)5-4-13-3-2-10-20-13/h2-5,10,12H,6-9H2,1H3. The zero-order valence-corrected chi connectivity index (χ0v) is 13.5. The van der Waals surface area contributed by atoms with Crippen LogP contribution in [0.15, 0.2) is 23.6 Å². The molecule has 1 aliphatic heterocycles. The van der Waals surface area contributed by atoms with Gasteiger partial charge >= 0.3 is 0 Å². The van der Waals surface area contributed by atoms with Gasteiger partial charge in [-0.05, 0) is 37.3 Å². The van der Waals surface area contributed by atoms with Crippen molar-refractivity contribution in [3.63, 3.8) is 0 Å². The van der Waals surface area contributed by atoms with E-state index in [2.05, 4.69) is 10.2 Å². The predicted molar refractivity (Wildman–Crippen MR) is 86.6 cm³/mol. The summed E-state index contributed by atoms with van der Waals surface area (Å²) in [5, 5.41) is 12.5. The molecule has 110 valence electrons. The van der Waals surface area contributed by atoms with Crippen LogP contribution in [0.3, 0.4) is 0 Å². The summed E-state index contributed by atoms with van der Waals surface area (Å²) < 4.78 is 0. The number of carbonyl (C=O) groups is 1. The Kier molecular flexibility index (Phi) is 4.45. The monoisotopic (exact) mass is 319 g/mol. The van der Waals surface area contributed by atoms with Crippen LogP contribution in [-0.2, 0) is 4.79 Å². The Bertz CT molecular complexity index is 625. The van der Waals surface area contributed by atoms with Crippen LogP contribution in [-0.4, -0.2) is 34.1 Å². The molecule has 1 saturated heterocycles. The Morgan fingerprint density at radius 3 is 2.81 bits per heavy atom. The molecule has 3 heterocycles. The molecular weight excluding hydrogens is 302 g/mol. The fourth-order valence-corrected chi connectivity index (χ4v) is 3.95. The average Bonchev–Trinajstić information content (AvgIpc) is 3.16. The van der Waals surface area contributed by atoms with Crippen molar-refractivity contribution >= 4 is 34.7 Å². The molecule has 1 fully saturated rings. The van der Waals surface area contributed by atoms with E-state index in [1.165, 1.54) is 0 Å². The van der Waals surface area contributed by atoms with Crippen molar-refractivity contribution in [3.05, 3.63) is 38.5 Å². The van der Waals surface area contributed by atoms with Crippen LogP contribution in [0.5, 0.6) is 0 Å². The molecule has 2 aromatic rings. The molecule has 0 unspecified atom stereocenters. The van der Waals surface area contributed by atoms with E-state index >= 15 is 0 Å². The lowest BCUT2D eigenvalue weighted by molar-refractivity contribution is -0.126. The number of piperidine rings is 1. The first kappa shape index (κ1) is 14.4. The number of nitrogens with zero attached hydrogens (tertiary/aromatic N) is 3. The van der Waals surface area contributed by atoms with Crippen molar-refractivity contribution in [2.75, 3.05) is 13.1 Å². The van der Waals surface area contributed by atoms with E-state index in [4.69, 9.17) is 0 Å². The number of thiophene rings is 1. The third-order valence-corrected chi connectivity index (χ3v) is 5.47. The minimum Gasteiger partial charge on any atom is -0.339 e. The van der Waals surface area contributed by atoms with Crippen molar-refractivity contribution in [2.45, 2.75) is 25.7 Å². The number of rotatable bonds is 3. The molecule has 0 spiro atoms. The summed E-state index contributed by atoms with van der Waals surface area (Å²) in [7, 11) is 0. The summed E-state index contributed by atoms with van der Waals surface area (Å²) in [4.78, 5) is 15.2. The Morgan fingerprint density at radius 2 is 2.19 bits per heavy atom. The van der Waals surface area contributed by atoms with Gasteiger partial charge in [0.2, 0.25) is 5.91 Å². The van der Waals surface area contributed by atoms with Crippen molar-refractivity contribution in [1.29, 1.82) is 0 Å². The fraction of sp³-hybridized carbons (Fsp3) is 0.400. The number of hydrogen-bond acceptors (Lipinski definition) is 5. The van der Waals surface area contributed by atoms with Crippen LogP contribution in [0, 0.1) is 6.92 Å². The molecule has 1 amide bonds. The van der Waals surface area contributed by atoms with Gasteiger partial charge in [0.25, 0.3) is 0 Å². The maximum absolute atomic E-state index is 12.2. The quantitative estimate of drug-likeness (QED) is 0.815. The van der Waals surface area contributed by atoms with E-state index in [1.807, 2.05) is 35.4 Å². The first-order valence-electron chi connectivity index (χ1n) is 7.03. The molecule has 0 aliphatic carbocycles. The van der Waals surface area contributed by atoms with Crippen molar-refractivity contribution < 1.29 is 4.79 Å². The highest BCUT2D eigenvalue weighted by molar-refractivity contribution is 7.11. The van der Waals surface area contributed by atoms with Gasteiger partial charge in [0, 0.05) is 30.0 Å². The SMILES string of the molecule is Cc1nnc(C2CCN(C(=O)C=Cc3cccs3)CC2)s1. The van der Waals surface area contributed by atoms with E-state index in [0.29, 0.717) is 5.92 Å². The smallest absolute Gasteiger partial charge is 0.246 e. The van der Waals surface area contributed by atoms with E-state index < -0.39 is 0 Å². The van der Waals surface area contributed by atoms with Gasteiger partial charge < -0.3 is 4.90 Å². The Morgan fingerprint density at radius 1 is 1.38 bits per heavy atom. The molecule has 0 N–H and O–H groups in total. The summed E-state index contributed by atoms with van der Waals surface area (Å²) in [6, 6.07) is 4.00. The number of amides is 1. The lowest BCUT2D eigenvalue weighted by Crippen LogP contribution is -2.36. The average molecular weight is 319 g/mol. The summed E-state index contributed by atoms with van der Waals surface area (Å²) in [5.41, 5.74) is 0. The van der Waals surface area contributed by atoms with Gasteiger partial charge in [-0.1, -0.05) is 6.07 Å². The third kappa shape index (κ3) is 3.57. The van der Waals surface area contributed by atoms with E-state index in [1.54, 1.807) is 28.7 Å². The highest BCUT2D eigenvalue weighted by atomic mass is 32.1. The molecule has 4 nitrogen and oxygen atoms in total. The van der Waals surface area contributed by atoms with Gasteiger partial charge in [0.15, 0.2) is 0 Å². The normalized spacial score (nSPS) is 16.7. The third-order valence-electron chi connectivity index (χ3n) is 3.63. The van der Waals surface area contributed by atoms with Gasteiger partial charge in [-0.25, -0.2) is 0 Å². The van der Waals surface area contributed by atoms with Crippen LogP contribution >= 0.6 is 22.7 Å². The molecule has 21 heavy (non-hydrogen) atoms. The zero-order valence-electron chi connectivity index (χ0n) is 11.9. The molecule has 2 aromatic heterocycles. The van der Waals surface area contributed by atoms with Crippen LogP contribution in [0.2, 0.25) is 0 Å². The summed E-state index contributed by atoms with van der Waals surface area (Å²) >= 11 is 3.31. The first-order valence-corrected chi connectivity index (χ1v) is 8.72. The largest absolute Gasteiger partial charge is 0.339 e. The van der Waals surface area contributed by atoms with Gasteiger partial charge in [-0.3, -0.25) is 4.79 Å². The lowest BCUT2D eigenvalue weighted by Gasteiger charge is -2.30. The molecule has 0 atom stereocenters. The van der Waals surface area contributed by atoms with Crippen LogP contribution < -0.4 is 0 Å². The van der Waals surface area contributed by atoms with E-state index in [9.17, 15) is 4.79 Å². The van der Waals surface area contributed by atoms with Crippen LogP contribution in [0.4, 0.5) is 0 Å². The van der Waals surface area contributed by atoms with Crippen molar-refractivity contribution in [2.24, 2.45) is 0 Å². The van der Waals surface area contributed by atoms with Gasteiger partial charge in [-0.15, -0.1) is 32.9 Å². The Balaban J connectivity index is 1.54. The zero-order chi connectivity index (χ0) is 14.7. The Hall–Kier alpha value is -1.53. The number of aromatic nitrogens is 2. The van der Waals surface area contributed by atoms with E-state index in [0.717, 1.165) is 40.8 Å². The number of aryl methyl sites for hydroxylation is 1. The summed E-state index contributed by atoms with van der Waals surface area (Å²) in [6.45, 7) is 3.59. The maximum atomic E-state index is 12.2. The molecule has 0 saturated carbocycles. The predicted octanol–water partition coefficient (Wildman–Crippen LogP) is 3.33. The number of carbonyl (C=O) groups excluding carboxylic acids is 1. The minimum absolute atomic E-state index is 0.107. The lowest BCUT2D eigenvalue weighted by atomic mass is 9.97. The van der Waals surface area contributed by atoms with Crippen LogP contribution in [0.25, 0.3) is 6.08 Å². The number of likely N-dealkylation sites (tertiary alicyclic amines) is 1. The van der Waals surface area contributed by atoms with Crippen molar-refractivity contribution in [3.8, 4) is 0 Å². The fourth-order valence-electron chi connectivity index (χ4n) is 2.47. The molecule has 0 radical (unpaired) electrons. The topological polar surface area (TPSA) is 46.1 Å². The molecule has 3 rings (SSSR count). The molecule has 0 bridgehead atoms. The second kappa shape index (κ2) is 6.49. The first-order chi connectivity index (χ1) is 10.2. The van der Waals surface area contributed by atoms with Crippen LogP contribution in [0.1, 0.15) is 33.7 Å². The van der Waals surface area contributed by atoms with Crippen molar-refractivity contribution in [1.82, 2.24) is 15.1 Å².